The highest BCUT2D eigenvalue weighted by Gasteiger charge is 2.84. The zero-order valence-corrected chi connectivity index (χ0v) is 11.2. The van der Waals surface area contributed by atoms with E-state index >= 15 is 0 Å². The number of benzene rings is 1. The average Bonchev–Trinajstić information content (AvgIpc) is 2.90. The summed E-state index contributed by atoms with van der Waals surface area (Å²) in [6.07, 6.45) is -0.155. The molecule has 1 amide bonds. The van der Waals surface area contributed by atoms with Crippen molar-refractivity contribution in [3.8, 4) is 0 Å². The van der Waals surface area contributed by atoms with E-state index in [0.717, 1.165) is 0 Å². The maximum Gasteiger partial charge on any atom is 0.410 e. The van der Waals surface area contributed by atoms with Gasteiger partial charge in [-0.25, -0.2) is 4.79 Å². The van der Waals surface area contributed by atoms with Crippen molar-refractivity contribution in [3.05, 3.63) is 35.9 Å². The van der Waals surface area contributed by atoms with E-state index in [2.05, 4.69) is 36.5 Å². The van der Waals surface area contributed by atoms with Crippen LogP contribution in [0.3, 0.4) is 0 Å². The number of likely N-dealkylation sites (tertiary alicyclic amines) is 1. The fourth-order valence-electron chi connectivity index (χ4n) is 4.15. The summed E-state index contributed by atoms with van der Waals surface area (Å²) in [5.41, 5.74) is 1.34. The summed E-state index contributed by atoms with van der Waals surface area (Å²) in [4.78, 5) is 13.8. The molecule has 0 aromatic heterocycles. The van der Waals surface area contributed by atoms with Crippen LogP contribution in [0.1, 0.15) is 25.5 Å². The number of nitrogens with zero attached hydrogens (tertiary/aromatic N) is 1. The Balaban J connectivity index is 1.53. The van der Waals surface area contributed by atoms with E-state index in [1.54, 1.807) is 0 Å². The topological polar surface area (TPSA) is 41.3 Å². The van der Waals surface area contributed by atoms with Crippen molar-refractivity contribution in [1.82, 2.24) is 10.2 Å². The van der Waals surface area contributed by atoms with Gasteiger partial charge >= 0.3 is 6.09 Å². The van der Waals surface area contributed by atoms with Crippen LogP contribution in [0, 0.1) is 5.92 Å². The van der Waals surface area contributed by atoms with Gasteiger partial charge in [-0.2, -0.15) is 0 Å². The minimum atomic E-state index is -0.155. The van der Waals surface area contributed by atoms with E-state index in [1.807, 2.05) is 17.9 Å². The second-order valence-electron chi connectivity index (χ2n) is 5.85. The summed E-state index contributed by atoms with van der Waals surface area (Å²) in [5.74, 6) is 0.532. The molecule has 4 heteroatoms. The second-order valence-corrected chi connectivity index (χ2v) is 5.85. The van der Waals surface area contributed by atoms with Crippen LogP contribution in [0.2, 0.25) is 0 Å². The molecule has 100 valence electrons. The Hall–Kier alpha value is -1.55. The molecule has 2 saturated heterocycles. The molecule has 1 aromatic carbocycles. The first-order valence-electron chi connectivity index (χ1n) is 6.96. The van der Waals surface area contributed by atoms with Gasteiger partial charge in [0.05, 0.1) is 18.2 Å². The third-order valence-corrected chi connectivity index (χ3v) is 5.08. The van der Waals surface area contributed by atoms with Gasteiger partial charge in [0.1, 0.15) is 0 Å². The Morgan fingerprint density at radius 2 is 2.16 bits per heavy atom. The molecule has 19 heavy (non-hydrogen) atoms. The van der Waals surface area contributed by atoms with E-state index in [1.165, 1.54) is 5.56 Å². The molecule has 0 bridgehead atoms. The number of amides is 1. The molecule has 0 radical (unpaired) electrons. The van der Waals surface area contributed by atoms with Gasteiger partial charge in [0, 0.05) is 18.0 Å². The molecule has 4 rings (SSSR count). The number of carbonyl (C=O) groups excluding carboxylic acids is 1. The van der Waals surface area contributed by atoms with E-state index in [9.17, 15) is 4.79 Å². The first-order valence-corrected chi connectivity index (χ1v) is 6.96. The molecule has 1 saturated carbocycles. The summed E-state index contributed by atoms with van der Waals surface area (Å²) in [6.45, 7) is 4.49. The Kier molecular flexibility index (Phi) is 2.09. The Morgan fingerprint density at radius 1 is 1.42 bits per heavy atom. The molecule has 5 atom stereocenters. The molecular formula is C15H18N2O2. The van der Waals surface area contributed by atoms with Gasteiger partial charge in [-0.1, -0.05) is 30.3 Å². The lowest BCUT2D eigenvalue weighted by Gasteiger charge is -2.55. The van der Waals surface area contributed by atoms with Crippen LogP contribution in [-0.2, 0) is 4.74 Å². The SMILES string of the molecule is CCOC(=O)N1[C@@H]2[C@H]3N[C@@H](c4ccccc4)[C@H]3[C@@]21C. The fourth-order valence-corrected chi connectivity index (χ4v) is 4.15. The molecule has 0 spiro atoms. The Morgan fingerprint density at radius 3 is 2.84 bits per heavy atom. The molecule has 2 aliphatic heterocycles. The van der Waals surface area contributed by atoms with Crippen LogP contribution in [0.5, 0.6) is 0 Å². The normalized spacial score (nSPS) is 41.5. The lowest BCUT2D eigenvalue weighted by atomic mass is 9.59. The van der Waals surface area contributed by atoms with E-state index in [4.69, 9.17) is 4.74 Å². The van der Waals surface area contributed by atoms with Crippen LogP contribution < -0.4 is 5.32 Å². The molecule has 1 N–H and O–H groups in total. The van der Waals surface area contributed by atoms with Gasteiger partial charge in [-0.3, -0.25) is 4.90 Å². The minimum Gasteiger partial charge on any atom is -0.450 e. The van der Waals surface area contributed by atoms with E-state index in [-0.39, 0.29) is 11.6 Å². The van der Waals surface area contributed by atoms with Crippen molar-refractivity contribution in [1.29, 1.82) is 0 Å². The number of nitrogens with one attached hydrogen (secondary N) is 1. The van der Waals surface area contributed by atoms with Crippen molar-refractivity contribution >= 4 is 6.09 Å². The summed E-state index contributed by atoms with van der Waals surface area (Å²) >= 11 is 0. The summed E-state index contributed by atoms with van der Waals surface area (Å²) in [6, 6.07) is 11.7. The van der Waals surface area contributed by atoms with Crippen molar-refractivity contribution in [2.24, 2.45) is 5.92 Å². The van der Waals surface area contributed by atoms with Gasteiger partial charge in [0.2, 0.25) is 0 Å². The van der Waals surface area contributed by atoms with Crippen LogP contribution in [0.4, 0.5) is 4.79 Å². The first kappa shape index (κ1) is 11.3. The minimum absolute atomic E-state index is 0.0165. The largest absolute Gasteiger partial charge is 0.450 e. The quantitative estimate of drug-likeness (QED) is 0.824. The van der Waals surface area contributed by atoms with Crippen LogP contribution in [0.15, 0.2) is 30.3 Å². The second kappa shape index (κ2) is 3.51. The highest BCUT2D eigenvalue weighted by atomic mass is 16.6. The Bertz CT molecular complexity index is 532. The van der Waals surface area contributed by atoms with Gasteiger partial charge in [-0.05, 0) is 19.4 Å². The smallest absolute Gasteiger partial charge is 0.410 e. The predicted molar refractivity (Wildman–Crippen MR) is 70.7 cm³/mol. The standard InChI is InChI=1S/C15H18N2O2/c1-3-19-14(18)17-13-12-10(15(13,17)2)11(16-12)9-7-5-4-6-8-9/h4-8,10-13,16H,3H2,1-2H3/t10-,11+,12+,13-,15+,17?/m1/s1. The van der Waals surface area contributed by atoms with Gasteiger partial charge < -0.3 is 10.1 Å². The maximum atomic E-state index is 11.9. The zero-order chi connectivity index (χ0) is 13.2. The van der Waals surface area contributed by atoms with Crippen LogP contribution >= 0.6 is 0 Å². The summed E-state index contributed by atoms with van der Waals surface area (Å²) in [7, 11) is 0. The maximum absolute atomic E-state index is 11.9. The van der Waals surface area contributed by atoms with Gasteiger partial charge in [0.25, 0.3) is 0 Å². The van der Waals surface area contributed by atoms with Crippen molar-refractivity contribution in [3.63, 3.8) is 0 Å². The van der Waals surface area contributed by atoms with Gasteiger partial charge in [-0.15, -0.1) is 0 Å². The molecule has 1 aromatic rings. The number of carbonyl (C=O) groups is 1. The van der Waals surface area contributed by atoms with Crippen LogP contribution in [-0.4, -0.2) is 35.2 Å². The average molecular weight is 258 g/mol. The van der Waals surface area contributed by atoms with Crippen molar-refractivity contribution < 1.29 is 9.53 Å². The lowest BCUT2D eigenvalue weighted by molar-refractivity contribution is 0.0377. The van der Waals surface area contributed by atoms with E-state index < -0.39 is 0 Å². The fraction of sp³-hybridized carbons (Fsp3) is 0.533. The first-order chi connectivity index (χ1) is 9.19. The van der Waals surface area contributed by atoms with Gasteiger partial charge in [0.15, 0.2) is 0 Å². The lowest BCUT2D eigenvalue weighted by Crippen LogP contribution is -2.71. The molecule has 3 fully saturated rings. The predicted octanol–water partition coefficient (Wildman–Crippen LogP) is 1.93. The third-order valence-electron chi connectivity index (χ3n) is 5.08. The number of hydrogen-bond donors (Lipinski definition) is 1. The molecule has 0 unspecified atom stereocenters. The monoisotopic (exact) mass is 258 g/mol. The summed E-state index contributed by atoms with van der Waals surface area (Å²) in [5, 5.41) is 3.59. The molecule has 3 aliphatic rings. The van der Waals surface area contributed by atoms with Crippen LogP contribution in [0.25, 0.3) is 0 Å². The molecule has 2 heterocycles. The molecule has 1 aliphatic carbocycles. The molecule has 4 nitrogen and oxygen atoms in total. The highest BCUT2D eigenvalue weighted by Crippen LogP contribution is 2.68. The van der Waals surface area contributed by atoms with E-state index in [0.29, 0.717) is 30.7 Å². The van der Waals surface area contributed by atoms with Crippen molar-refractivity contribution in [2.75, 3.05) is 6.61 Å². The number of fused-ring (bicyclic) bond motifs is 4. The molecular weight excluding hydrogens is 240 g/mol. The zero-order valence-electron chi connectivity index (χ0n) is 11.2. The number of ether oxygens (including phenoxy) is 1. The number of piperidine rings is 1. The number of rotatable bonds is 2. The number of hydrogen-bond acceptors (Lipinski definition) is 3. The van der Waals surface area contributed by atoms with Crippen molar-refractivity contribution in [2.45, 2.75) is 37.5 Å². The summed E-state index contributed by atoms with van der Waals surface area (Å²) < 4.78 is 5.14. The third kappa shape index (κ3) is 1.20. The highest BCUT2D eigenvalue weighted by molar-refractivity contribution is 5.76. The Labute approximate surface area is 112 Å².